The Morgan fingerprint density at radius 3 is 2.37 bits per heavy atom. The van der Waals surface area contributed by atoms with E-state index in [4.69, 9.17) is 44.5 Å². The summed E-state index contributed by atoms with van der Waals surface area (Å²) >= 11 is 20.0. The van der Waals surface area contributed by atoms with Crippen LogP contribution in [-0.2, 0) is 16.8 Å². The number of hydrogen-bond acceptors (Lipinski definition) is 8. The van der Waals surface area contributed by atoms with Crippen LogP contribution in [0.1, 0.15) is 95.9 Å². The molecule has 0 radical (unpaired) electrons. The molecule has 67 heavy (non-hydrogen) atoms. The van der Waals surface area contributed by atoms with Crippen molar-refractivity contribution in [1.29, 1.82) is 0 Å². The number of anilines is 1. The summed E-state index contributed by atoms with van der Waals surface area (Å²) in [6.45, 7) is 1.05. The van der Waals surface area contributed by atoms with Crippen LogP contribution in [0.3, 0.4) is 0 Å². The van der Waals surface area contributed by atoms with E-state index in [1.54, 1.807) is 0 Å². The van der Waals surface area contributed by atoms with Crippen molar-refractivity contribution in [3.05, 3.63) is 158 Å². The van der Waals surface area contributed by atoms with Crippen molar-refractivity contribution < 1.29 is 38.1 Å². The Morgan fingerprint density at radius 2 is 1.67 bits per heavy atom. The molecule has 8 rings (SSSR count). The molecular formula is C52H50Cl3F2N3O6S. The number of aliphatic hydroxyl groups is 1. The molecule has 0 saturated heterocycles. The van der Waals surface area contributed by atoms with Gasteiger partial charge in [-0.15, -0.1) is 0 Å². The normalized spacial score (nSPS) is 14.6. The minimum absolute atomic E-state index is 0.0803. The van der Waals surface area contributed by atoms with Gasteiger partial charge in [0.2, 0.25) is 0 Å². The van der Waals surface area contributed by atoms with Gasteiger partial charge in [-0.2, -0.15) is 20.5 Å². The van der Waals surface area contributed by atoms with Gasteiger partial charge < -0.3 is 25.0 Å². The Morgan fingerprint density at radius 1 is 0.925 bits per heavy atom. The number of carboxylic acids is 1. The lowest BCUT2D eigenvalue weighted by molar-refractivity contribution is -0.138. The third-order valence-electron chi connectivity index (χ3n) is 11.5. The summed E-state index contributed by atoms with van der Waals surface area (Å²) in [5.41, 5.74) is 5.54. The Kier molecular flexibility index (Phi) is 16.5. The maximum atomic E-state index is 12.6. The number of ether oxygens (including phenoxy) is 2. The number of carbonyl (C=O) groups excluding carboxylic acids is 1. The van der Waals surface area contributed by atoms with Crippen LogP contribution in [0.25, 0.3) is 23.1 Å². The Hall–Kier alpha value is -5.24. The molecule has 9 nitrogen and oxygen atoms in total. The first-order chi connectivity index (χ1) is 32.0. The van der Waals surface area contributed by atoms with Gasteiger partial charge in [0.1, 0.15) is 0 Å². The van der Waals surface area contributed by atoms with Crippen LogP contribution >= 0.6 is 46.6 Å². The minimum Gasteiger partial charge on any atom is -0.489 e. The molecule has 0 spiro atoms. The molecule has 1 amide bonds. The van der Waals surface area contributed by atoms with Crippen LogP contribution in [0, 0.1) is 11.3 Å². The van der Waals surface area contributed by atoms with Crippen molar-refractivity contribution >= 4 is 87.2 Å². The van der Waals surface area contributed by atoms with Crippen LogP contribution < -0.4 is 14.8 Å². The van der Waals surface area contributed by atoms with Crippen LogP contribution in [0.2, 0.25) is 15.1 Å². The van der Waals surface area contributed by atoms with E-state index >= 15 is 0 Å². The lowest BCUT2D eigenvalue weighted by Crippen LogP contribution is -2.18. The molecule has 3 N–H and O–H groups in total. The highest BCUT2D eigenvalue weighted by Gasteiger charge is 2.44. The number of aryl methyl sites for hydroxylation is 1. The van der Waals surface area contributed by atoms with E-state index in [9.17, 15) is 28.6 Å². The van der Waals surface area contributed by atoms with Crippen molar-refractivity contribution in [1.82, 2.24) is 9.97 Å². The van der Waals surface area contributed by atoms with Gasteiger partial charge in [0.15, 0.2) is 11.5 Å². The summed E-state index contributed by atoms with van der Waals surface area (Å²) in [4.78, 5) is 32.5. The molecule has 2 saturated carbocycles. The number of rotatable bonds is 19. The van der Waals surface area contributed by atoms with Gasteiger partial charge in [0.05, 0.1) is 45.6 Å². The van der Waals surface area contributed by atoms with E-state index in [1.807, 2.05) is 74.1 Å². The summed E-state index contributed by atoms with van der Waals surface area (Å²) in [6, 6.07) is 30.4. The molecule has 2 aromatic heterocycles. The fourth-order valence-electron chi connectivity index (χ4n) is 7.52. The zero-order valence-electron chi connectivity index (χ0n) is 36.9. The quantitative estimate of drug-likeness (QED) is 0.0726. The first kappa shape index (κ1) is 49.7. The van der Waals surface area contributed by atoms with E-state index in [0.717, 1.165) is 77.6 Å². The van der Waals surface area contributed by atoms with E-state index in [0.29, 0.717) is 17.5 Å². The second kappa shape index (κ2) is 22.2. The molecule has 2 fully saturated rings. The largest absolute Gasteiger partial charge is 0.489 e. The van der Waals surface area contributed by atoms with Crippen LogP contribution in [0.4, 0.5) is 14.5 Å². The average molecular weight is 989 g/mol. The monoisotopic (exact) mass is 987 g/mol. The molecule has 6 aromatic rings. The highest BCUT2D eigenvalue weighted by Crippen LogP contribution is 2.53. The topological polar surface area (TPSA) is 131 Å². The number of thioether (sulfide) groups is 1. The maximum Gasteiger partial charge on any atom is 0.387 e. The number of aromatic nitrogens is 2. The number of alkyl halides is 2. The minimum atomic E-state index is -2.99. The SMILES string of the molecule is CC(C)(O)c1ccccc1CC[C@@H](SCC1(CC(=O)O)CC1)c1cccc(/C=C/c2ccc3ccc(Cl)cc3n2)c1.O=C(Nc1c(Cl)cncc1Cl)c1ccc(OC(F)F)c(OCC2CC2)c1. The highest BCUT2D eigenvalue weighted by molar-refractivity contribution is 7.99. The number of halogens is 5. The average Bonchev–Trinajstić information content (AvgIpc) is 4.24. The van der Waals surface area contributed by atoms with Crippen LogP contribution in [-0.4, -0.2) is 51.0 Å². The van der Waals surface area contributed by atoms with Gasteiger partial charge in [-0.05, 0) is 128 Å². The maximum absolute atomic E-state index is 12.6. The molecule has 1 atom stereocenters. The van der Waals surface area contributed by atoms with Gasteiger partial charge in [-0.25, -0.2) is 4.98 Å². The number of hydrogen-bond donors (Lipinski definition) is 3. The molecule has 2 aliphatic carbocycles. The predicted octanol–water partition coefficient (Wildman–Crippen LogP) is 14.0. The van der Waals surface area contributed by atoms with Crippen molar-refractivity contribution in [2.75, 3.05) is 17.7 Å². The smallest absolute Gasteiger partial charge is 0.387 e. The second-order valence-corrected chi connectivity index (χ2v) is 19.9. The Balaban J connectivity index is 0.000000220. The van der Waals surface area contributed by atoms with Gasteiger partial charge in [-0.1, -0.05) is 102 Å². The van der Waals surface area contributed by atoms with Crippen molar-refractivity contribution in [2.24, 2.45) is 11.3 Å². The standard InChI is InChI=1S/C35H36ClNO3S.C17H14Cl2F2N2O3/c1-34(2,40)30-9-4-3-7-25(30)13-17-32(41-23-35(18-19-35)22-33(38)39)27-8-5-6-24(20-27)10-15-29-16-12-26-11-14-28(36)21-31(26)37-29;18-11-6-22-7-12(19)15(11)23-16(24)10-3-4-13(26-17(20)21)14(5-10)25-8-9-1-2-9/h3-12,14-16,20-21,32,40H,13,17-19,22-23H2,1-2H3,(H,38,39);3-7,9,17H,1-2,8H2,(H,22,23,24)/b15-10+;/t32-;/m1./s1. The molecule has 350 valence electrons. The first-order valence-corrected chi connectivity index (χ1v) is 24.0. The van der Waals surface area contributed by atoms with E-state index in [1.165, 1.54) is 36.2 Å². The third-order valence-corrected chi connectivity index (χ3v) is 14.0. The Labute approximate surface area is 407 Å². The fraction of sp³-hybridized carbons (Fsp3) is 0.308. The summed E-state index contributed by atoms with van der Waals surface area (Å²) in [6.07, 6.45) is 12.8. The summed E-state index contributed by atoms with van der Waals surface area (Å²) in [5, 5.41) is 25.0. The number of amides is 1. The van der Waals surface area contributed by atoms with Gasteiger partial charge >= 0.3 is 12.6 Å². The zero-order valence-corrected chi connectivity index (χ0v) is 39.9. The number of nitrogens with zero attached hydrogens (tertiary/aromatic N) is 2. The van der Waals surface area contributed by atoms with Gasteiger partial charge in [0.25, 0.3) is 5.91 Å². The van der Waals surface area contributed by atoms with E-state index in [2.05, 4.69) is 57.5 Å². The highest BCUT2D eigenvalue weighted by atomic mass is 35.5. The molecule has 0 bridgehead atoms. The molecule has 15 heteroatoms. The lowest BCUT2D eigenvalue weighted by Gasteiger charge is -2.24. The predicted molar refractivity (Wildman–Crippen MR) is 265 cm³/mol. The third kappa shape index (κ3) is 14.4. The summed E-state index contributed by atoms with van der Waals surface area (Å²) < 4.78 is 35.1. The number of aliphatic carboxylic acids is 1. The molecular weight excluding hydrogens is 939 g/mol. The first-order valence-electron chi connectivity index (χ1n) is 21.8. The number of pyridine rings is 2. The molecule has 2 aliphatic rings. The molecule has 0 unspecified atom stereocenters. The second-order valence-electron chi connectivity index (χ2n) is 17.4. The van der Waals surface area contributed by atoms with Crippen molar-refractivity contribution in [3.8, 4) is 11.5 Å². The summed E-state index contributed by atoms with van der Waals surface area (Å²) in [5.74, 6) is -0.0496. The Bertz CT molecular complexity index is 2720. The lowest BCUT2D eigenvalue weighted by atomic mass is 9.90. The van der Waals surface area contributed by atoms with Crippen molar-refractivity contribution in [2.45, 2.75) is 76.3 Å². The van der Waals surface area contributed by atoms with E-state index in [-0.39, 0.29) is 49.9 Å². The van der Waals surface area contributed by atoms with Crippen LogP contribution in [0.15, 0.2) is 109 Å². The fourth-order valence-corrected chi connectivity index (χ4v) is 9.72. The number of carbonyl (C=O) groups is 2. The zero-order chi connectivity index (χ0) is 47.7. The van der Waals surface area contributed by atoms with Crippen LogP contribution in [0.5, 0.6) is 11.5 Å². The molecule has 2 heterocycles. The summed E-state index contributed by atoms with van der Waals surface area (Å²) in [7, 11) is 0. The van der Waals surface area contributed by atoms with Gasteiger partial charge in [0, 0.05) is 39.4 Å². The molecule has 0 aliphatic heterocycles. The van der Waals surface area contributed by atoms with E-state index < -0.39 is 24.1 Å². The van der Waals surface area contributed by atoms with Crippen molar-refractivity contribution in [3.63, 3.8) is 0 Å². The number of nitrogens with one attached hydrogen (secondary N) is 1. The molecule has 4 aromatic carbocycles. The number of fused-ring (bicyclic) bond motifs is 1. The number of benzene rings is 4. The van der Waals surface area contributed by atoms with Gasteiger partial charge in [-0.3, -0.25) is 14.6 Å². The number of carboxylic acid groups (broad SMARTS) is 1.